The summed E-state index contributed by atoms with van der Waals surface area (Å²) in [6, 6.07) is 8.34. The van der Waals surface area contributed by atoms with Gasteiger partial charge in [-0.2, -0.15) is 0 Å². The molecule has 94 valence electrons. The minimum atomic E-state index is 0.694. The SMILES string of the molecule is CCNc1ncc(C)c(Sc2ccccc2C)n1. The minimum Gasteiger partial charge on any atom is -0.354 e. The molecule has 1 heterocycles. The van der Waals surface area contributed by atoms with Crippen molar-refractivity contribution in [2.75, 3.05) is 11.9 Å². The van der Waals surface area contributed by atoms with Crippen molar-refractivity contribution in [1.82, 2.24) is 9.97 Å². The molecule has 3 nitrogen and oxygen atoms in total. The topological polar surface area (TPSA) is 37.8 Å². The van der Waals surface area contributed by atoms with Gasteiger partial charge in [0.1, 0.15) is 5.03 Å². The second-order valence-electron chi connectivity index (χ2n) is 4.08. The van der Waals surface area contributed by atoms with Crippen LogP contribution in [0.2, 0.25) is 0 Å². The zero-order valence-corrected chi connectivity index (χ0v) is 11.7. The molecule has 0 aliphatic rings. The molecule has 0 atom stereocenters. The number of rotatable bonds is 4. The average molecular weight is 259 g/mol. The first-order valence-electron chi connectivity index (χ1n) is 6.01. The van der Waals surface area contributed by atoms with Gasteiger partial charge < -0.3 is 5.32 Å². The van der Waals surface area contributed by atoms with Gasteiger partial charge in [0.2, 0.25) is 5.95 Å². The molecule has 1 N–H and O–H groups in total. The molecule has 2 aromatic rings. The van der Waals surface area contributed by atoms with Gasteiger partial charge >= 0.3 is 0 Å². The van der Waals surface area contributed by atoms with Crippen LogP contribution in [0.1, 0.15) is 18.1 Å². The maximum absolute atomic E-state index is 4.54. The van der Waals surface area contributed by atoms with Gasteiger partial charge in [-0.3, -0.25) is 0 Å². The third-order valence-electron chi connectivity index (χ3n) is 2.56. The fraction of sp³-hybridized carbons (Fsp3) is 0.286. The Bertz CT molecular complexity index is 540. The lowest BCUT2D eigenvalue weighted by molar-refractivity contribution is 0.982. The summed E-state index contributed by atoms with van der Waals surface area (Å²) in [5.74, 6) is 0.694. The van der Waals surface area contributed by atoms with Gasteiger partial charge in [-0.15, -0.1) is 0 Å². The van der Waals surface area contributed by atoms with E-state index in [2.05, 4.69) is 46.5 Å². The molecular weight excluding hydrogens is 242 g/mol. The van der Waals surface area contributed by atoms with E-state index in [0.29, 0.717) is 5.95 Å². The average Bonchev–Trinajstić information content (AvgIpc) is 2.36. The van der Waals surface area contributed by atoms with Gasteiger partial charge in [-0.05, 0) is 32.4 Å². The number of nitrogens with zero attached hydrogens (tertiary/aromatic N) is 2. The van der Waals surface area contributed by atoms with E-state index in [9.17, 15) is 0 Å². The summed E-state index contributed by atoms with van der Waals surface area (Å²) in [5, 5.41) is 4.15. The van der Waals surface area contributed by atoms with E-state index in [4.69, 9.17) is 0 Å². The Balaban J connectivity index is 2.28. The Morgan fingerprint density at radius 1 is 1.17 bits per heavy atom. The zero-order valence-electron chi connectivity index (χ0n) is 10.9. The summed E-state index contributed by atoms with van der Waals surface area (Å²) in [7, 11) is 0. The van der Waals surface area contributed by atoms with E-state index in [1.54, 1.807) is 11.8 Å². The maximum atomic E-state index is 4.54. The molecule has 18 heavy (non-hydrogen) atoms. The van der Waals surface area contributed by atoms with E-state index < -0.39 is 0 Å². The molecule has 1 aromatic heterocycles. The molecule has 0 unspecified atom stereocenters. The van der Waals surface area contributed by atoms with Gasteiger partial charge in [0.25, 0.3) is 0 Å². The van der Waals surface area contributed by atoms with Crippen molar-refractivity contribution < 1.29 is 0 Å². The Kier molecular flexibility index (Phi) is 4.20. The molecule has 0 aliphatic carbocycles. The fourth-order valence-electron chi connectivity index (χ4n) is 1.55. The van der Waals surface area contributed by atoms with Crippen LogP contribution in [0, 0.1) is 13.8 Å². The van der Waals surface area contributed by atoms with E-state index >= 15 is 0 Å². The molecule has 0 fully saturated rings. The van der Waals surface area contributed by atoms with Crippen LogP contribution in [-0.2, 0) is 0 Å². The third kappa shape index (κ3) is 3.01. The highest BCUT2D eigenvalue weighted by Crippen LogP contribution is 2.30. The number of nitrogens with one attached hydrogen (secondary N) is 1. The predicted octanol–water partition coefficient (Wildman–Crippen LogP) is 3.68. The number of anilines is 1. The highest BCUT2D eigenvalue weighted by atomic mass is 32.2. The first-order valence-corrected chi connectivity index (χ1v) is 6.83. The number of hydrogen-bond acceptors (Lipinski definition) is 4. The van der Waals surface area contributed by atoms with E-state index in [0.717, 1.165) is 17.1 Å². The van der Waals surface area contributed by atoms with Crippen molar-refractivity contribution >= 4 is 17.7 Å². The van der Waals surface area contributed by atoms with Crippen molar-refractivity contribution in [3.05, 3.63) is 41.6 Å². The van der Waals surface area contributed by atoms with Gasteiger partial charge in [-0.1, -0.05) is 30.0 Å². The minimum absolute atomic E-state index is 0.694. The number of hydrogen-bond donors (Lipinski definition) is 1. The van der Waals surface area contributed by atoms with Crippen LogP contribution in [-0.4, -0.2) is 16.5 Å². The Labute approximate surface area is 112 Å². The molecule has 4 heteroatoms. The summed E-state index contributed by atoms with van der Waals surface area (Å²) in [4.78, 5) is 10.0. The molecule has 0 radical (unpaired) electrons. The second kappa shape index (κ2) is 5.87. The van der Waals surface area contributed by atoms with Gasteiger partial charge in [0.05, 0.1) is 0 Å². The smallest absolute Gasteiger partial charge is 0.223 e. The van der Waals surface area contributed by atoms with Crippen LogP contribution in [0.5, 0.6) is 0 Å². The van der Waals surface area contributed by atoms with Crippen LogP contribution in [0.25, 0.3) is 0 Å². The van der Waals surface area contributed by atoms with Gasteiger partial charge in [0.15, 0.2) is 0 Å². The van der Waals surface area contributed by atoms with Gasteiger partial charge in [0, 0.05) is 23.2 Å². The summed E-state index contributed by atoms with van der Waals surface area (Å²) >= 11 is 1.69. The number of aromatic nitrogens is 2. The fourth-order valence-corrected chi connectivity index (χ4v) is 2.48. The van der Waals surface area contributed by atoms with Crippen LogP contribution < -0.4 is 5.32 Å². The molecular formula is C14H17N3S. The van der Waals surface area contributed by atoms with Crippen molar-refractivity contribution in [1.29, 1.82) is 0 Å². The normalized spacial score (nSPS) is 10.4. The van der Waals surface area contributed by atoms with E-state index in [1.165, 1.54) is 10.5 Å². The molecule has 0 amide bonds. The van der Waals surface area contributed by atoms with Crippen LogP contribution in [0.15, 0.2) is 40.4 Å². The van der Waals surface area contributed by atoms with Gasteiger partial charge in [-0.25, -0.2) is 9.97 Å². The first-order chi connectivity index (χ1) is 8.70. The lowest BCUT2D eigenvalue weighted by Gasteiger charge is -2.08. The molecule has 0 spiro atoms. The zero-order chi connectivity index (χ0) is 13.0. The monoisotopic (exact) mass is 259 g/mol. The van der Waals surface area contributed by atoms with Crippen molar-refractivity contribution in [2.45, 2.75) is 30.7 Å². The molecule has 2 rings (SSSR count). The van der Waals surface area contributed by atoms with Crippen molar-refractivity contribution in [3.8, 4) is 0 Å². The first kappa shape index (κ1) is 12.9. The summed E-state index contributed by atoms with van der Waals surface area (Å²) in [6.07, 6.45) is 1.87. The maximum Gasteiger partial charge on any atom is 0.223 e. The quantitative estimate of drug-likeness (QED) is 0.850. The third-order valence-corrected chi connectivity index (χ3v) is 3.84. The van der Waals surface area contributed by atoms with E-state index in [1.807, 2.05) is 20.0 Å². The summed E-state index contributed by atoms with van der Waals surface area (Å²) < 4.78 is 0. The predicted molar refractivity (Wildman–Crippen MR) is 76.2 cm³/mol. The van der Waals surface area contributed by atoms with Crippen LogP contribution >= 0.6 is 11.8 Å². The molecule has 0 saturated carbocycles. The summed E-state index contributed by atoms with van der Waals surface area (Å²) in [5.41, 5.74) is 2.37. The lowest BCUT2D eigenvalue weighted by Crippen LogP contribution is -2.03. The Morgan fingerprint density at radius 3 is 2.67 bits per heavy atom. The highest BCUT2D eigenvalue weighted by molar-refractivity contribution is 7.99. The van der Waals surface area contributed by atoms with Crippen LogP contribution in [0.3, 0.4) is 0 Å². The Hall–Kier alpha value is -1.55. The largest absolute Gasteiger partial charge is 0.354 e. The van der Waals surface area contributed by atoms with Crippen molar-refractivity contribution in [2.24, 2.45) is 0 Å². The molecule has 0 saturated heterocycles. The molecule has 1 aromatic carbocycles. The van der Waals surface area contributed by atoms with Crippen LogP contribution in [0.4, 0.5) is 5.95 Å². The van der Waals surface area contributed by atoms with Crippen molar-refractivity contribution in [3.63, 3.8) is 0 Å². The molecule has 0 aliphatic heterocycles. The number of aryl methyl sites for hydroxylation is 2. The van der Waals surface area contributed by atoms with E-state index in [-0.39, 0.29) is 0 Å². The second-order valence-corrected chi connectivity index (χ2v) is 5.11. The molecule has 0 bridgehead atoms. The highest BCUT2D eigenvalue weighted by Gasteiger charge is 2.07. The Morgan fingerprint density at radius 2 is 1.94 bits per heavy atom. The standard InChI is InChI=1S/C14H17N3S/c1-4-15-14-16-9-11(3)13(17-14)18-12-8-6-5-7-10(12)2/h5-9H,4H2,1-3H3,(H,15,16,17). The number of benzene rings is 1. The summed E-state index contributed by atoms with van der Waals surface area (Å²) in [6.45, 7) is 7.02. The lowest BCUT2D eigenvalue weighted by atomic mass is 10.2.